The number of hydrogen-bond acceptors (Lipinski definition) is 3. The first-order chi connectivity index (χ1) is 10.1. The van der Waals surface area contributed by atoms with Crippen LogP contribution in [0.4, 0.5) is 0 Å². The fraction of sp³-hybridized carbons (Fsp3) is 0.200. The summed E-state index contributed by atoms with van der Waals surface area (Å²) in [5.41, 5.74) is 0.411. The van der Waals surface area contributed by atoms with E-state index in [4.69, 9.17) is 23.8 Å². The van der Waals surface area contributed by atoms with Crippen LogP contribution in [0.5, 0.6) is 0 Å². The van der Waals surface area contributed by atoms with Gasteiger partial charge in [0.25, 0.3) is 5.91 Å². The number of benzene rings is 1. The van der Waals surface area contributed by atoms with E-state index in [1.807, 2.05) is 18.4 Å². The lowest BCUT2D eigenvalue weighted by Gasteiger charge is -2.16. The van der Waals surface area contributed by atoms with Crippen molar-refractivity contribution in [2.45, 2.75) is 19.4 Å². The Morgan fingerprint density at radius 3 is 2.76 bits per heavy atom. The van der Waals surface area contributed by atoms with Gasteiger partial charge in [-0.3, -0.25) is 10.1 Å². The Morgan fingerprint density at radius 1 is 1.33 bits per heavy atom. The smallest absolute Gasteiger partial charge is 0.258 e. The second-order valence-electron chi connectivity index (χ2n) is 4.59. The van der Waals surface area contributed by atoms with E-state index < -0.39 is 0 Å². The molecule has 21 heavy (non-hydrogen) atoms. The van der Waals surface area contributed by atoms with Gasteiger partial charge in [0.1, 0.15) is 0 Å². The highest BCUT2D eigenvalue weighted by Crippen LogP contribution is 2.14. The second-order valence-corrected chi connectivity index (χ2v) is 6.44. The Hall–Kier alpha value is -1.43. The molecule has 1 amide bonds. The number of thiocarbonyl (C=S) groups is 1. The third-order valence-electron chi connectivity index (χ3n) is 2.81. The number of carbonyl (C=O) groups is 1. The second kappa shape index (κ2) is 7.54. The first kappa shape index (κ1) is 15.9. The van der Waals surface area contributed by atoms with Gasteiger partial charge >= 0.3 is 0 Å². The van der Waals surface area contributed by atoms with Crippen molar-refractivity contribution in [1.82, 2.24) is 10.6 Å². The molecule has 1 unspecified atom stereocenters. The molecule has 3 nitrogen and oxygen atoms in total. The Bertz CT molecular complexity index is 628. The number of thiophene rings is 1. The molecule has 0 aliphatic carbocycles. The molecule has 0 bridgehead atoms. The summed E-state index contributed by atoms with van der Waals surface area (Å²) in [6.07, 6.45) is 0.861. The van der Waals surface area contributed by atoms with Crippen molar-refractivity contribution in [2.75, 3.05) is 0 Å². The van der Waals surface area contributed by atoms with E-state index in [9.17, 15) is 4.79 Å². The van der Waals surface area contributed by atoms with E-state index in [1.165, 1.54) is 4.88 Å². The molecular weight excluding hydrogens is 324 g/mol. The van der Waals surface area contributed by atoms with Gasteiger partial charge in [-0.05, 0) is 42.7 Å². The molecule has 2 N–H and O–H groups in total. The topological polar surface area (TPSA) is 41.1 Å². The van der Waals surface area contributed by atoms with Crippen LogP contribution in [-0.4, -0.2) is 17.1 Å². The van der Waals surface area contributed by atoms with Crippen molar-refractivity contribution < 1.29 is 4.79 Å². The summed E-state index contributed by atoms with van der Waals surface area (Å²) < 4.78 is 0. The zero-order valence-electron chi connectivity index (χ0n) is 11.4. The minimum atomic E-state index is -0.304. The summed E-state index contributed by atoms with van der Waals surface area (Å²) in [7, 11) is 0. The number of amides is 1. The Kier molecular flexibility index (Phi) is 5.73. The van der Waals surface area contributed by atoms with Crippen molar-refractivity contribution >= 4 is 46.2 Å². The fourth-order valence-corrected chi connectivity index (χ4v) is 3.21. The summed E-state index contributed by atoms with van der Waals surface area (Å²) in [5.74, 6) is -0.304. The maximum absolute atomic E-state index is 12.1. The number of carbonyl (C=O) groups excluding carboxylic acids is 1. The van der Waals surface area contributed by atoms with Crippen LogP contribution in [0.15, 0.2) is 41.8 Å². The van der Waals surface area contributed by atoms with Crippen LogP contribution < -0.4 is 10.6 Å². The molecule has 1 heterocycles. The van der Waals surface area contributed by atoms with E-state index in [-0.39, 0.29) is 11.9 Å². The molecular formula is C15H15ClN2OS2. The molecule has 0 aliphatic rings. The SMILES string of the molecule is CC(Cc1cccs1)NC(=S)NC(=O)c1ccccc1Cl. The largest absolute Gasteiger partial charge is 0.360 e. The van der Waals surface area contributed by atoms with E-state index >= 15 is 0 Å². The molecule has 1 atom stereocenters. The summed E-state index contributed by atoms with van der Waals surface area (Å²) in [4.78, 5) is 13.3. The average Bonchev–Trinajstić information content (AvgIpc) is 2.91. The minimum Gasteiger partial charge on any atom is -0.360 e. The van der Waals surface area contributed by atoms with Gasteiger partial charge in [-0.1, -0.05) is 29.8 Å². The third-order valence-corrected chi connectivity index (χ3v) is 4.26. The molecule has 0 fully saturated rings. The zero-order chi connectivity index (χ0) is 15.2. The van der Waals surface area contributed by atoms with Crippen molar-refractivity contribution in [1.29, 1.82) is 0 Å². The Morgan fingerprint density at radius 2 is 2.10 bits per heavy atom. The summed E-state index contributed by atoms with van der Waals surface area (Å²) in [6.45, 7) is 2.02. The summed E-state index contributed by atoms with van der Waals surface area (Å²) in [5, 5.41) is 8.51. The van der Waals surface area contributed by atoms with Gasteiger partial charge < -0.3 is 5.32 Å². The van der Waals surface area contributed by atoms with Crippen molar-refractivity contribution in [3.05, 3.63) is 57.2 Å². The first-order valence-corrected chi connectivity index (χ1v) is 8.11. The third kappa shape index (κ3) is 4.81. The predicted octanol–water partition coefficient (Wildman–Crippen LogP) is 3.64. The summed E-state index contributed by atoms with van der Waals surface area (Å²) in [6, 6.07) is 11.1. The normalized spacial score (nSPS) is 11.7. The highest BCUT2D eigenvalue weighted by molar-refractivity contribution is 7.80. The maximum atomic E-state index is 12.1. The number of hydrogen-bond donors (Lipinski definition) is 2. The van der Waals surface area contributed by atoms with Crippen molar-refractivity contribution in [2.24, 2.45) is 0 Å². The quantitative estimate of drug-likeness (QED) is 0.836. The van der Waals surface area contributed by atoms with E-state index in [1.54, 1.807) is 35.6 Å². The van der Waals surface area contributed by atoms with Crippen LogP contribution in [0.3, 0.4) is 0 Å². The standard InChI is InChI=1S/C15H15ClN2OS2/c1-10(9-11-5-4-8-21-11)17-15(20)18-14(19)12-6-2-3-7-13(12)16/h2-8,10H,9H2,1H3,(H2,17,18,19,20). The van der Waals surface area contributed by atoms with Gasteiger partial charge in [0.2, 0.25) is 0 Å². The average molecular weight is 339 g/mol. The Labute approximate surface area is 138 Å². The van der Waals surface area contributed by atoms with Gasteiger partial charge in [0, 0.05) is 17.3 Å². The molecule has 0 aliphatic heterocycles. The molecule has 0 saturated carbocycles. The lowest BCUT2D eigenvalue weighted by atomic mass is 10.2. The van der Waals surface area contributed by atoms with Crippen LogP contribution in [0.1, 0.15) is 22.2 Å². The molecule has 0 spiro atoms. The molecule has 2 aromatic rings. The monoisotopic (exact) mass is 338 g/mol. The van der Waals surface area contributed by atoms with Gasteiger partial charge in [-0.2, -0.15) is 0 Å². The van der Waals surface area contributed by atoms with E-state index in [0.717, 1.165) is 6.42 Å². The van der Waals surface area contributed by atoms with Gasteiger partial charge in [-0.25, -0.2) is 0 Å². The van der Waals surface area contributed by atoms with Crippen LogP contribution in [0.2, 0.25) is 5.02 Å². The molecule has 2 rings (SSSR count). The van der Waals surface area contributed by atoms with E-state index in [2.05, 4.69) is 16.7 Å². The first-order valence-electron chi connectivity index (χ1n) is 6.45. The van der Waals surface area contributed by atoms with Crippen LogP contribution in [-0.2, 0) is 6.42 Å². The van der Waals surface area contributed by atoms with Crippen molar-refractivity contribution in [3.63, 3.8) is 0 Å². The highest BCUT2D eigenvalue weighted by Gasteiger charge is 2.12. The lowest BCUT2D eigenvalue weighted by Crippen LogP contribution is -2.44. The molecule has 110 valence electrons. The molecule has 0 radical (unpaired) electrons. The lowest BCUT2D eigenvalue weighted by molar-refractivity contribution is 0.0976. The molecule has 0 saturated heterocycles. The molecule has 1 aromatic carbocycles. The number of rotatable bonds is 4. The van der Waals surface area contributed by atoms with Gasteiger partial charge in [-0.15, -0.1) is 11.3 Å². The van der Waals surface area contributed by atoms with Crippen LogP contribution >= 0.6 is 35.2 Å². The molecule has 6 heteroatoms. The van der Waals surface area contributed by atoms with Gasteiger partial charge in [0.15, 0.2) is 5.11 Å². The van der Waals surface area contributed by atoms with Gasteiger partial charge in [0.05, 0.1) is 10.6 Å². The highest BCUT2D eigenvalue weighted by atomic mass is 35.5. The van der Waals surface area contributed by atoms with Crippen molar-refractivity contribution in [3.8, 4) is 0 Å². The molecule has 1 aromatic heterocycles. The Balaban J connectivity index is 1.87. The fourth-order valence-electron chi connectivity index (χ4n) is 1.86. The predicted molar refractivity (Wildman–Crippen MR) is 92.1 cm³/mol. The van der Waals surface area contributed by atoms with Crippen LogP contribution in [0.25, 0.3) is 0 Å². The zero-order valence-corrected chi connectivity index (χ0v) is 13.8. The summed E-state index contributed by atoms with van der Waals surface area (Å²) >= 11 is 12.8. The number of nitrogens with one attached hydrogen (secondary N) is 2. The van der Waals surface area contributed by atoms with Crippen LogP contribution in [0, 0.1) is 0 Å². The minimum absolute atomic E-state index is 0.141. The van der Waals surface area contributed by atoms with E-state index in [0.29, 0.717) is 15.7 Å². The number of halogens is 1. The maximum Gasteiger partial charge on any atom is 0.258 e.